The molecule has 10 heteroatoms. The SMILES string of the molecule is CCCS(=O)(=O)n1ccc2c(OCCCN(Cc3cccc(C(F)(F)F)c3Cl)CC(c3ccccc3)c3ccccc3)cccc21. The second-order valence-electron chi connectivity index (χ2n) is 11.2. The van der Waals surface area contributed by atoms with E-state index in [2.05, 4.69) is 29.2 Å². The van der Waals surface area contributed by atoms with Gasteiger partial charge in [0, 0.05) is 37.1 Å². The Kier molecular flexibility index (Phi) is 10.8. The van der Waals surface area contributed by atoms with Crippen molar-refractivity contribution >= 4 is 32.5 Å². The van der Waals surface area contributed by atoms with Crippen molar-refractivity contribution in [1.29, 1.82) is 0 Å². The Balaban J connectivity index is 1.38. The number of ether oxygens (including phenoxy) is 1. The number of nitrogens with zero attached hydrogens (tertiary/aromatic N) is 2. The van der Waals surface area contributed by atoms with E-state index in [0.29, 0.717) is 54.8 Å². The molecule has 0 fully saturated rings. The molecule has 4 aromatic carbocycles. The zero-order chi connectivity index (χ0) is 32.7. The van der Waals surface area contributed by atoms with E-state index in [1.807, 2.05) is 43.3 Å². The molecule has 0 aliphatic rings. The number of rotatable bonds is 14. The first kappa shape index (κ1) is 33.6. The molecule has 5 nitrogen and oxygen atoms in total. The maximum absolute atomic E-state index is 13.7. The molecular weight excluding hydrogens is 633 g/mol. The quantitative estimate of drug-likeness (QED) is 0.111. The van der Waals surface area contributed by atoms with E-state index in [0.717, 1.165) is 17.2 Å². The lowest BCUT2D eigenvalue weighted by Gasteiger charge is -2.29. The maximum atomic E-state index is 13.7. The Morgan fingerprint density at radius 2 is 1.52 bits per heavy atom. The lowest BCUT2D eigenvalue weighted by Crippen LogP contribution is -2.31. The van der Waals surface area contributed by atoms with Crippen molar-refractivity contribution in [2.45, 2.75) is 38.4 Å². The summed E-state index contributed by atoms with van der Waals surface area (Å²) < 4.78 is 74.0. The van der Waals surface area contributed by atoms with Crippen LogP contribution >= 0.6 is 11.6 Å². The molecule has 46 heavy (non-hydrogen) atoms. The summed E-state index contributed by atoms with van der Waals surface area (Å²) >= 11 is 6.34. The van der Waals surface area contributed by atoms with Gasteiger partial charge in [0.2, 0.25) is 10.0 Å². The largest absolute Gasteiger partial charge is 0.493 e. The third-order valence-electron chi connectivity index (χ3n) is 7.92. The molecular formula is C36H36ClF3N2O3S. The molecule has 0 atom stereocenters. The van der Waals surface area contributed by atoms with Gasteiger partial charge in [0.05, 0.1) is 28.5 Å². The van der Waals surface area contributed by atoms with Gasteiger partial charge in [-0.15, -0.1) is 0 Å². The molecule has 0 saturated heterocycles. The van der Waals surface area contributed by atoms with Gasteiger partial charge in [-0.05, 0) is 53.8 Å². The summed E-state index contributed by atoms with van der Waals surface area (Å²) in [6, 6.07) is 31.2. The maximum Gasteiger partial charge on any atom is 0.417 e. The summed E-state index contributed by atoms with van der Waals surface area (Å²) in [5.41, 5.74) is 2.30. The van der Waals surface area contributed by atoms with Gasteiger partial charge in [-0.1, -0.05) is 97.4 Å². The number of benzene rings is 4. The molecule has 0 aliphatic carbocycles. The molecule has 242 valence electrons. The van der Waals surface area contributed by atoms with Crippen LogP contribution in [0.4, 0.5) is 13.2 Å². The number of hydrogen-bond donors (Lipinski definition) is 0. The van der Waals surface area contributed by atoms with Gasteiger partial charge < -0.3 is 4.74 Å². The standard InChI is InChI=1S/C36H36ClF3N2O3S/c1-2-24-46(43,44)42-22-20-30-33(42)18-10-19-34(30)45-23-11-21-41(25-29-16-9-17-32(35(29)37)36(38,39)40)26-31(27-12-5-3-6-13-27)28-14-7-4-8-15-28/h3-10,12-20,22,31H,2,11,21,23-26H2,1H3. The van der Waals surface area contributed by atoms with E-state index in [1.54, 1.807) is 36.5 Å². The van der Waals surface area contributed by atoms with E-state index >= 15 is 0 Å². The first-order valence-electron chi connectivity index (χ1n) is 15.2. The summed E-state index contributed by atoms with van der Waals surface area (Å²) in [7, 11) is -3.48. The van der Waals surface area contributed by atoms with E-state index in [4.69, 9.17) is 16.3 Å². The first-order valence-corrected chi connectivity index (χ1v) is 17.2. The van der Waals surface area contributed by atoms with Crippen molar-refractivity contribution in [2.24, 2.45) is 0 Å². The first-order chi connectivity index (χ1) is 22.1. The molecule has 0 amide bonds. The molecule has 0 radical (unpaired) electrons. The summed E-state index contributed by atoms with van der Waals surface area (Å²) in [5, 5.41) is 0.407. The van der Waals surface area contributed by atoms with Crippen LogP contribution in [-0.4, -0.2) is 42.7 Å². The van der Waals surface area contributed by atoms with Crippen LogP contribution in [0.15, 0.2) is 109 Å². The van der Waals surface area contributed by atoms with Crippen molar-refractivity contribution in [1.82, 2.24) is 8.87 Å². The summed E-state index contributed by atoms with van der Waals surface area (Å²) in [6.45, 7) is 3.41. The van der Waals surface area contributed by atoms with Gasteiger partial charge in [-0.2, -0.15) is 13.2 Å². The summed E-state index contributed by atoms with van der Waals surface area (Å²) in [5.74, 6) is 0.578. The molecule has 0 saturated carbocycles. The lowest BCUT2D eigenvalue weighted by molar-refractivity contribution is -0.137. The predicted octanol–water partition coefficient (Wildman–Crippen LogP) is 9.00. The third kappa shape index (κ3) is 7.94. The van der Waals surface area contributed by atoms with Crippen LogP contribution in [-0.2, 0) is 22.7 Å². The van der Waals surface area contributed by atoms with Crippen molar-refractivity contribution in [3.63, 3.8) is 0 Å². The Bertz CT molecular complexity index is 1810. The topological polar surface area (TPSA) is 51.5 Å². The Labute approximate surface area is 273 Å². The molecule has 0 N–H and O–H groups in total. The van der Waals surface area contributed by atoms with Gasteiger partial charge in [0.25, 0.3) is 0 Å². The fourth-order valence-electron chi connectivity index (χ4n) is 5.74. The second-order valence-corrected chi connectivity index (χ2v) is 13.5. The highest BCUT2D eigenvalue weighted by Gasteiger charge is 2.34. The van der Waals surface area contributed by atoms with Crippen LogP contribution in [0.2, 0.25) is 5.02 Å². The minimum absolute atomic E-state index is 0.0357. The molecule has 0 bridgehead atoms. The Morgan fingerprint density at radius 3 is 2.15 bits per heavy atom. The molecule has 0 aliphatic heterocycles. The van der Waals surface area contributed by atoms with E-state index in [1.165, 1.54) is 10.0 Å². The Hall–Kier alpha value is -3.79. The monoisotopic (exact) mass is 668 g/mol. The number of halogens is 4. The average Bonchev–Trinajstić information content (AvgIpc) is 3.49. The van der Waals surface area contributed by atoms with Crippen molar-refractivity contribution in [2.75, 3.05) is 25.4 Å². The van der Waals surface area contributed by atoms with Gasteiger partial charge in [-0.3, -0.25) is 4.90 Å². The number of fused-ring (bicyclic) bond motifs is 1. The van der Waals surface area contributed by atoms with Crippen LogP contribution in [0.1, 0.15) is 47.9 Å². The van der Waals surface area contributed by atoms with Gasteiger partial charge in [0.15, 0.2) is 0 Å². The zero-order valence-corrected chi connectivity index (χ0v) is 27.0. The number of hydrogen-bond acceptors (Lipinski definition) is 4. The van der Waals surface area contributed by atoms with E-state index in [9.17, 15) is 21.6 Å². The molecule has 5 aromatic rings. The molecule has 0 unspecified atom stereocenters. The average molecular weight is 669 g/mol. The summed E-state index contributed by atoms with van der Waals surface area (Å²) in [4.78, 5) is 2.11. The Morgan fingerprint density at radius 1 is 0.870 bits per heavy atom. The fraction of sp³-hybridized carbons (Fsp3) is 0.278. The lowest BCUT2D eigenvalue weighted by atomic mass is 9.90. The van der Waals surface area contributed by atoms with Crippen LogP contribution in [0.5, 0.6) is 5.75 Å². The number of aromatic nitrogens is 1. The van der Waals surface area contributed by atoms with Crippen LogP contribution in [0, 0.1) is 0 Å². The van der Waals surface area contributed by atoms with Gasteiger partial charge in [-0.25, -0.2) is 12.4 Å². The van der Waals surface area contributed by atoms with Crippen molar-refractivity contribution in [3.05, 3.63) is 137 Å². The minimum Gasteiger partial charge on any atom is -0.493 e. The molecule has 5 rings (SSSR count). The van der Waals surface area contributed by atoms with Gasteiger partial charge >= 0.3 is 6.18 Å². The zero-order valence-electron chi connectivity index (χ0n) is 25.5. The number of alkyl halides is 3. The molecule has 1 heterocycles. The highest BCUT2D eigenvalue weighted by atomic mass is 35.5. The van der Waals surface area contributed by atoms with Gasteiger partial charge in [0.1, 0.15) is 5.75 Å². The third-order valence-corrected chi connectivity index (χ3v) is 10.2. The van der Waals surface area contributed by atoms with E-state index < -0.39 is 21.8 Å². The van der Waals surface area contributed by atoms with Crippen molar-refractivity contribution < 1.29 is 26.3 Å². The minimum atomic E-state index is -4.56. The van der Waals surface area contributed by atoms with Crippen LogP contribution in [0.25, 0.3) is 10.9 Å². The highest BCUT2D eigenvalue weighted by Crippen LogP contribution is 2.37. The van der Waals surface area contributed by atoms with Crippen molar-refractivity contribution in [3.8, 4) is 5.75 Å². The highest BCUT2D eigenvalue weighted by molar-refractivity contribution is 7.90. The smallest absolute Gasteiger partial charge is 0.417 e. The van der Waals surface area contributed by atoms with Crippen LogP contribution < -0.4 is 4.74 Å². The predicted molar refractivity (Wildman–Crippen MR) is 178 cm³/mol. The fourth-order valence-corrected chi connectivity index (χ4v) is 7.45. The van der Waals surface area contributed by atoms with E-state index in [-0.39, 0.29) is 23.2 Å². The normalized spacial score (nSPS) is 12.3. The molecule has 0 spiro atoms. The summed E-state index contributed by atoms with van der Waals surface area (Å²) in [6.07, 6.45) is -1.93. The second kappa shape index (κ2) is 14.8. The molecule has 1 aromatic heterocycles. The van der Waals surface area contributed by atoms with Crippen LogP contribution in [0.3, 0.4) is 0 Å².